The number of halogens is 6. The number of hydrogen-bond acceptors (Lipinski definition) is 1. The quantitative estimate of drug-likeness (QED) is 0.348. The number of alkyl halides is 1. The molecule has 82 valence electrons. The highest BCUT2D eigenvalue weighted by Gasteiger charge is 2.26. The molecule has 0 saturated carbocycles. The first-order valence-corrected chi connectivity index (χ1v) is 5.40. The lowest BCUT2D eigenvalue weighted by Crippen LogP contribution is -2.08. The van der Waals surface area contributed by atoms with Crippen molar-refractivity contribution in [3.63, 3.8) is 0 Å². The van der Waals surface area contributed by atoms with Crippen molar-refractivity contribution in [3.05, 3.63) is 33.1 Å². The Morgan fingerprint density at radius 3 is 2.00 bits per heavy atom. The summed E-state index contributed by atoms with van der Waals surface area (Å²) in [6.07, 6.45) is 0. The molecule has 0 bridgehead atoms. The van der Waals surface area contributed by atoms with E-state index in [9.17, 15) is 18.0 Å². The van der Waals surface area contributed by atoms with E-state index in [0.29, 0.717) is 0 Å². The Bertz CT molecular complexity index is 407. The highest BCUT2D eigenvalue weighted by molar-refractivity contribution is 9.09. The standard InChI is InChI=1S/C8H2BrCl2F3O/c9-1-2(15)3-4(10)7(13)8(14)5(11)6(3)12/h1H2. The second-order valence-electron chi connectivity index (χ2n) is 2.50. The van der Waals surface area contributed by atoms with Crippen molar-refractivity contribution < 1.29 is 18.0 Å². The monoisotopic (exact) mass is 320 g/mol. The zero-order valence-corrected chi connectivity index (χ0v) is 9.98. The molecule has 0 unspecified atom stereocenters. The SMILES string of the molecule is O=C(CBr)c1c(F)c(Cl)c(F)c(F)c1Cl. The summed E-state index contributed by atoms with van der Waals surface area (Å²) >= 11 is 13.2. The summed E-state index contributed by atoms with van der Waals surface area (Å²) in [5.74, 6) is -5.32. The zero-order chi connectivity index (χ0) is 11.7. The smallest absolute Gasteiger partial charge is 0.181 e. The van der Waals surface area contributed by atoms with E-state index in [1.807, 2.05) is 0 Å². The minimum absolute atomic E-state index is 0.273. The molecule has 0 saturated heterocycles. The summed E-state index contributed by atoms with van der Waals surface area (Å²) in [4.78, 5) is 11.2. The number of carbonyl (C=O) groups is 1. The molecule has 1 rings (SSSR count). The fraction of sp³-hybridized carbons (Fsp3) is 0.125. The molecule has 0 N–H and O–H groups in total. The van der Waals surface area contributed by atoms with Gasteiger partial charge in [-0.05, 0) is 0 Å². The van der Waals surface area contributed by atoms with E-state index in [1.165, 1.54) is 0 Å². The molecule has 1 aromatic carbocycles. The minimum Gasteiger partial charge on any atom is -0.293 e. The first-order valence-electron chi connectivity index (χ1n) is 3.52. The van der Waals surface area contributed by atoms with Gasteiger partial charge in [-0.25, -0.2) is 13.2 Å². The topological polar surface area (TPSA) is 17.1 Å². The van der Waals surface area contributed by atoms with Crippen LogP contribution < -0.4 is 0 Å². The average molecular weight is 322 g/mol. The fourth-order valence-corrected chi connectivity index (χ4v) is 1.65. The maximum Gasteiger partial charge on any atom is 0.181 e. The molecule has 0 amide bonds. The van der Waals surface area contributed by atoms with Gasteiger partial charge in [-0.2, -0.15) is 0 Å². The number of ketones is 1. The van der Waals surface area contributed by atoms with Crippen molar-refractivity contribution in [1.82, 2.24) is 0 Å². The van der Waals surface area contributed by atoms with Gasteiger partial charge in [0.25, 0.3) is 0 Å². The van der Waals surface area contributed by atoms with Gasteiger partial charge in [0.15, 0.2) is 23.2 Å². The highest BCUT2D eigenvalue weighted by Crippen LogP contribution is 2.32. The molecule has 0 atom stereocenters. The summed E-state index contributed by atoms with van der Waals surface area (Å²) in [6.45, 7) is 0. The van der Waals surface area contributed by atoms with Gasteiger partial charge < -0.3 is 0 Å². The predicted octanol–water partition coefficient (Wildman–Crippen LogP) is 3.99. The second kappa shape index (κ2) is 4.72. The lowest BCUT2D eigenvalue weighted by Gasteiger charge is -2.07. The molecule has 1 nitrogen and oxygen atoms in total. The molecule has 0 fully saturated rings. The van der Waals surface area contributed by atoms with E-state index in [0.717, 1.165) is 0 Å². The minimum atomic E-state index is -1.61. The Morgan fingerprint density at radius 2 is 1.53 bits per heavy atom. The zero-order valence-electron chi connectivity index (χ0n) is 6.88. The highest BCUT2D eigenvalue weighted by atomic mass is 79.9. The predicted molar refractivity (Wildman–Crippen MR) is 54.5 cm³/mol. The molecule has 1 aromatic rings. The number of carbonyl (C=O) groups excluding carboxylic acids is 1. The third kappa shape index (κ3) is 2.14. The third-order valence-corrected chi connectivity index (χ3v) is 2.81. The van der Waals surface area contributed by atoms with Crippen LogP contribution in [0.4, 0.5) is 13.2 Å². The lowest BCUT2D eigenvalue weighted by atomic mass is 10.1. The van der Waals surface area contributed by atoms with Crippen molar-refractivity contribution in [2.45, 2.75) is 0 Å². The van der Waals surface area contributed by atoms with Crippen LogP contribution in [0.2, 0.25) is 10.0 Å². The molecule has 0 aliphatic rings. The molecular formula is C8H2BrCl2F3O. The summed E-state index contributed by atoms with van der Waals surface area (Å²) < 4.78 is 39.1. The molecule has 0 aliphatic heterocycles. The number of rotatable bonds is 2. The van der Waals surface area contributed by atoms with Crippen LogP contribution in [0.15, 0.2) is 0 Å². The Kier molecular flexibility index (Phi) is 4.03. The van der Waals surface area contributed by atoms with E-state index in [2.05, 4.69) is 15.9 Å². The van der Waals surface area contributed by atoms with Crippen LogP contribution in [0.5, 0.6) is 0 Å². The fourth-order valence-electron chi connectivity index (χ4n) is 0.917. The molecule has 0 aromatic heterocycles. The molecule has 15 heavy (non-hydrogen) atoms. The van der Waals surface area contributed by atoms with Crippen LogP contribution in [0.3, 0.4) is 0 Å². The van der Waals surface area contributed by atoms with Gasteiger partial charge in [0.05, 0.1) is 15.9 Å². The third-order valence-electron chi connectivity index (χ3n) is 1.61. The largest absolute Gasteiger partial charge is 0.293 e. The summed E-state index contributed by atoms with van der Waals surface area (Å²) in [5, 5.41) is -2.26. The van der Waals surface area contributed by atoms with Crippen molar-refractivity contribution >= 4 is 44.9 Å². The molecular weight excluding hydrogens is 320 g/mol. The van der Waals surface area contributed by atoms with Crippen LogP contribution in [0.1, 0.15) is 10.4 Å². The van der Waals surface area contributed by atoms with Crippen molar-refractivity contribution in [1.29, 1.82) is 0 Å². The van der Waals surface area contributed by atoms with Gasteiger partial charge in [-0.15, -0.1) is 0 Å². The van der Waals surface area contributed by atoms with Gasteiger partial charge >= 0.3 is 0 Å². The van der Waals surface area contributed by atoms with Gasteiger partial charge in [0, 0.05) is 0 Å². The van der Waals surface area contributed by atoms with Crippen LogP contribution >= 0.6 is 39.1 Å². The summed E-state index contributed by atoms with van der Waals surface area (Å²) in [5.41, 5.74) is -0.752. The van der Waals surface area contributed by atoms with Gasteiger partial charge in [0.2, 0.25) is 0 Å². The van der Waals surface area contributed by atoms with Gasteiger partial charge in [-0.1, -0.05) is 39.1 Å². The first-order chi connectivity index (χ1) is 6.91. The van der Waals surface area contributed by atoms with E-state index < -0.39 is 38.8 Å². The first kappa shape index (κ1) is 12.8. The molecule has 0 heterocycles. The second-order valence-corrected chi connectivity index (χ2v) is 3.82. The number of hydrogen-bond donors (Lipinski definition) is 0. The Balaban J connectivity index is 3.60. The number of Topliss-reactive ketones (excluding diaryl/α,β-unsaturated/α-hetero) is 1. The van der Waals surface area contributed by atoms with Crippen LogP contribution in [0.25, 0.3) is 0 Å². The van der Waals surface area contributed by atoms with E-state index in [4.69, 9.17) is 23.2 Å². The van der Waals surface area contributed by atoms with Gasteiger partial charge in [-0.3, -0.25) is 4.79 Å². The van der Waals surface area contributed by atoms with Crippen LogP contribution in [0, 0.1) is 17.5 Å². The number of benzene rings is 1. The normalized spacial score (nSPS) is 10.5. The maximum atomic E-state index is 13.3. The molecule has 0 radical (unpaired) electrons. The van der Waals surface area contributed by atoms with Crippen LogP contribution in [-0.2, 0) is 0 Å². The van der Waals surface area contributed by atoms with E-state index >= 15 is 0 Å². The van der Waals surface area contributed by atoms with E-state index in [1.54, 1.807) is 0 Å². The molecule has 0 spiro atoms. The van der Waals surface area contributed by atoms with Gasteiger partial charge in [0.1, 0.15) is 5.02 Å². The van der Waals surface area contributed by atoms with E-state index in [-0.39, 0.29) is 5.33 Å². The van der Waals surface area contributed by atoms with Crippen molar-refractivity contribution in [3.8, 4) is 0 Å². The Labute approximate surface area is 101 Å². The Hall–Kier alpha value is -0.260. The summed E-state index contributed by atoms with van der Waals surface area (Å²) in [7, 11) is 0. The lowest BCUT2D eigenvalue weighted by molar-refractivity contribution is 0.101. The molecule has 7 heteroatoms. The van der Waals surface area contributed by atoms with Crippen molar-refractivity contribution in [2.24, 2.45) is 0 Å². The summed E-state index contributed by atoms with van der Waals surface area (Å²) in [6, 6.07) is 0. The van der Waals surface area contributed by atoms with Crippen molar-refractivity contribution in [2.75, 3.05) is 5.33 Å². The Morgan fingerprint density at radius 1 is 1.07 bits per heavy atom. The maximum absolute atomic E-state index is 13.3. The molecule has 0 aliphatic carbocycles. The average Bonchev–Trinajstić information content (AvgIpc) is 2.23. The van der Waals surface area contributed by atoms with Crippen LogP contribution in [-0.4, -0.2) is 11.1 Å².